The van der Waals surface area contributed by atoms with E-state index < -0.39 is 41.1 Å². The third-order valence-corrected chi connectivity index (χ3v) is 9.51. The molecule has 4 atom stereocenters. The molecule has 0 spiro atoms. The van der Waals surface area contributed by atoms with Crippen LogP contribution in [0.1, 0.15) is 16.7 Å². The molecule has 3 aromatic carbocycles. The quantitative estimate of drug-likeness (QED) is 0.170. The molecule has 2 aliphatic heterocycles. The maximum absolute atomic E-state index is 11.8. The molecule has 11 heteroatoms. The Morgan fingerprint density at radius 1 is 0.952 bits per heavy atom. The zero-order valence-corrected chi connectivity index (χ0v) is 25.6. The van der Waals surface area contributed by atoms with Crippen LogP contribution in [0, 0.1) is 0 Å². The van der Waals surface area contributed by atoms with E-state index in [9.17, 15) is 9.66 Å². The van der Waals surface area contributed by atoms with Crippen LogP contribution in [0.4, 0.5) is 0 Å². The van der Waals surface area contributed by atoms with Gasteiger partial charge in [0, 0.05) is 0 Å². The molecule has 42 heavy (non-hydrogen) atoms. The summed E-state index contributed by atoms with van der Waals surface area (Å²) in [6, 6.07) is 25.1. The SMILES string of the molecule is B[C@@H]1O[C@H](COC(c2ccccc2)(c2ccc(OC)cc2)c2ccc(OC)cc2)C(O)C1OC(=S)N1CC[S+]([O-])CC1. The summed E-state index contributed by atoms with van der Waals surface area (Å²) in [4.78, 5) is 1.90. The Bertz CT molecular complexity index is 1260. The molecule has 2 unspecified atom stereocenters. The van der Waals surface area contributed by atoms with Gasteiger partial charge in [0.25, 0.3) is 5.17 Å². The van der Waals surface area contributed by atoms with Gasteiger partial charge in [0.05, 0.1) is 39.9 Å². The molecule has 0 aliphatic carbocycles. The van der Waals surface area contributed by atoms with Gasteiger partial charge in [-0.25, -0.2) is 0 Å². The van der Waals surface area contributed by atoms with Crippen LogP contribution in [0.25, 0.3) is 0 Å². The topological polar surface area (TPSA) is 92.7 Å². The molecule has 2 aliphatic rings. The summed E-state index contributed by atoms with van der Waals surface area (Å²) in [5.74, 6) is 2.57. The number of thiocarbonyl (C=S) groups is 1. The summed E-state index contributed by atoms with van der Waals surface area (Å²) in [5.41, 5.74) is 1.65. The first kappa shape index (κ1) is 30.7. The van der Waals surface area contributed by atoms with Crippen LogP contribution in [-0.2, 0) is 31.0 Å². The number of hydrogen-bond acceptors (Lipinski definition) is 8. The van der Waals surface area contributed by atoms with Crippen LogP contribution in [0.2, 0.25) is 0 Å². The lowest BCUT2D eigenvalue weighted by Gasteiger charge is -2.37. The lowest BCUT2D eigenvalue weighted by atomic mass is 9.80. The van der Waals surface area contributed by atoms with Crippen LogP contribution >= 0.6 is 12.2 Å². The highest BCUT2D eigenvalue weighted by molar-refractivity contribution is 7.91. The number of hydrogen-bond donors (Lipinski definition) is 1. The van der Waals surface area contributed by atoms with Crippen molar-refractivity contribution in [1.82, 2.24) is 4.90 Å². The van der Waals surface area contributed by atoms with E-state index in [1.54, 1.807) is 14.2 Å². The Hall–Kier alpha value is -2.80. The van der Waals surface area contributed by atoms with Gasteiger partial charge in [-0.05, 0) is 53.2 Å². The molecule has 0 aromatic heterocycles. The van der Waals surface area contributed by atoms with Crippen molar-refractivity contribution in [3.63, 3.8) is 0 Å². The number of nitrogens with zero attached hydrogens (tertiary/aromatic N) is 1. The fourth-order valence-electron chi connectivity index (χ4n) is 5.52. The third-order valence-electron chi connectivity index (χ3n) is 7.88. The van der Waals surface area contributed by atoms with Gasteiger partial charge >= 0.3 is 0 Å². The normalized spacial score (nSPS) is 23.0. The number of benzene rings is 3. The molecule has 5 rings (SSSR count). The predicted molar refractivity (Wildman–Crippen MR) is 168 cm³/mol. The Morgan fingerprint density at radius 2 is 1.48 bits per heavy atom. The van der Waals surface area contributed by atoms with E-state index in [1.165, 1.54) is 0 Å². The van der Waals surface area contributed by atoms with Gasteiger partial charge in [0.15, 0.2) is 0 Å². The van der Waals surface area contributed by atoms with Gasteiger partial charge in [-0.15, -0.1) is 0 Å². The molecule has 2 heterocycles. The number of rotatable bonds is 9. The van der Waals surface area contributed by atoms with Crippen molar-refractivity contribution in [2.24, 2.45) is 0 Å². The summed E-state index contributed by atoms with van der Waals surface area (Å²) < 4.78 is 41.8. The average Bonchev–Trinajstić information content (AvgIpc) is 3.30. The molecule has 0 saturated carbocycles. The minimum Gasteiger partial charge on any atom is -0.616 e. The Labute approximate surface area is 256 Å². The Kier molecular flexibility index (Phi) is 9.98. The van der Waals surface area contributed by atoms with Crippen molar-refractivity contribution in [2.75, 3.05) is 45.4 Å². The molecule has 8 nitrogen and oxygen atoms in total. The van der Waals surface area contributed by atoms with E-state index in [2.05, 4.69) is 0 Å². The molecule has 0 radical (unpaired) electrons. The summed E-state index contributed by atoms with van der Waals surface area (Å²) in [7, 11) is 5.13. The van der Waals surface area contributed by atoms with Gasteiger partial charge in [-0.3, -0.25) is 0 Å². The van der Waals surface area contributed by atoms with Gasteiger partial charge in [-0.1, -0.05) is 65.8 Å². The van der Waals surface area contributed by atoms with Crippen molar-refractivity contribution in [3.05, 3.63) is 95.6 Å². The fourth-order valence-corrected chi connectivity index (χ4v) is 6.86. The monoisotopic (exact) mass is 609 g/mol. The minimum absolute atomic E-state index is 0.0772. The molecule has 0 amide bonds. The van der Waals surface area contributed by atoms with Crippen molar-refractivity contribution >= 4 is 36.4 Å². The van der Waals surface area contributed by atoms with Crippen LogP contribution in [-0.4, -0.2) is 97.3 Å². The van der Waals surface area contributed by atoms with Gasteiger partial charge in [0.2, 0.25) is 0 Å². The maximum atomic E-state index is 11.8. The van der Waals surface area contributed by atoms with Gasteiger partial charge < -0.3 is 38.2 Å². The molecule has 222 valence electrons. The number of ether oxygens (including phenoxy) is 5. The largest absolute Gasteiger partial charge is 0.616 e. The molecule has 2 fully saturated rings. The number of methoxy groups -OCH3 is 2. The molecule has 3 aromatic rings. The lowest BCUT2D eigenvalue weighted by Crippen LogP contribution is -2.47. The second-order valence-electron chi connectivity index (χ2n) is 10.4. The predicted octanol–water partition coefficient (Wildman–Crippen LogP) is 2.47. The summed E-state index contributed by atoms with van der Waals surface area (Å²) >= 11 is 4.71. The van der Waals surface area contributed by atoms with E-state index in [0.717, 1.165) is 28.2 Å². The van der Waals surface area contributed by atoms with Crippen LogP contribution < -0.4 is 9.47 Å². The van der Waals surface area contributed by atoms with E-state index in [1.807, 2.05) is 91.6 Å². The zero-order chi connectivity index (χ0) is 29.7. The summed E-state index contributed by atoms with van der Waals surface area (Å²) in [5, 5.41) is 11.7. The van der Waals surface area contributed by atoms with Crippen molar-refractivity contribution in [3.8, 4) is 11.5 Å². The Morgan fingerprint density at radius 3 is 2.00 bits per heavy atom. The molecule has 0 bridgehead atoms. The summed E-state index contributed by atoms with van der Waals surface area (Å²) in [6.45, 7) is 1.21. The highest BCUT2D eigenvalue weighted by Crippen LogP contribution is 2.42. The first-order valence-electron chi connectivity index (χ1n) is 14.0. The first-order chi connectivity index (χ1) is 20.3. The van der Waals surface area contributed by atoms with E-state index >= 15 is 0 Å². The highest BCUT2D eigenvalue weighted by atomic mass is 32.2. The van der Waals surface area contributed by atoms with Gasteiger partial charge in [0.1, 0.15) is 54.8 Å². The fraction of sp³-hybridized carbons (Fsp3) is 0.387. The van der Waals surface area contributed by atoms with E-state index in [-0.39, 0.29) is 6.61 Å². The molecular weight excluding hydrogens is 573 g/mol. The highest BCUT2D eigenvalue weighted by Gasteiger charge is 2.46. The second kappa shape index (κ2) is 13.7. The smallest absolute Gasteiger partial charge is 0.260 e. The van der Waals surface area contributed by atoms with Crippen LogP contribution in [0.15, 0.2) is 78.9 Å². The summed E-state index contributed by atoms with van der Waals surface area (Å²) in [6.07, 6.45) is -2.30. The maximum Gasteiger partial charge on any atom is 0.260 e. The second-order valence-corrected chi connectivity index (χ2v) is 12.4. The standard InChI is InChI=1S/C31H36BNO7S2/c1-36-24-12-8-22(9-13-24)31(21-6-4-3-5-7-21,23-10-14-25(37-2)15-11-23)38-20-26-27(34)28(29(32)39-26)40-30(41)33-16-18-42(35)19-17-33/h3-15,26-29,34H,16-20,32H2,1-2H3/t26-,27?,28?,29-/m1/s1. The number of aliphatic hydroxyl groups is 1. The van der Waals surface area contributed by atoms with E-state index in [0.29, 0.717) is 29.8 Å². The molecular formula is C31H36BNO7S2. The average molecular weight is 610 g/mol. The minimum atomic E-state index is -1.04. The molecule has 1 N–H and O–H groups in total. The van der Waals surface area contributed by atoms with Crippen LogP contribution in [0.5, 0.6) is 11.5 Å². The van der Waals surface area contributed by atoms with Crippen molar-refractivity contribution in [1.29, 1.82) is 0 Å². The Balaban J connectivity index is 1.43. The van der Waals surface area contributed by atoms with Crippen molar-refractivity contribution in [2.45, 2.75) is 29.9 Å². The van der Waals surface area contributed by atoms with Gasteiger partial charge in [-0.2, -0.15) is 0 Å². The lowest BCUT2D eigenvalue weighted by molar-refractivity contribution is -0.0751. The molecule has 2 saturated heterocycles. The zero-order valence-electron chi connectivity index (χ0n) is 24.0. The number of aliphatic hydroxyl groups excluding tert-OH is 1. The first-order valence-corrected chi connectivity index (χ1v) is 15.9. The van der Waals surface area contributed by atoms with E-state index in [4.69, 9.17) is 35.9 Å². The van der Waals surface area contributed by atoms with Crippen molar-refractivity contribution < 1.29 is 33.3 Å². The third kappa shape index (κ3) is 6.41. The van der Waals surface area contributed by atoms with Crippen LogP contribution in [0.3, 0.4) is 0 Å².